The van der Waals surface area contributed by atoms with Gasteiger partial charge in [0, 0.05) is 13.1 Å². The first-order valence-corrected chi connectivity index (χ1v) is 5.69. The second kappa shape index (κ2) is 3.67. The summed E-state index contributed by atoms with van der Waals surface area (Å²) in [4.78, 5) is 6.69. The van der Waals surface area contributed by atoms with Gasteiger partial charge in [-0.2, -0.15) is 0 Å². The first kappa shape index (κ1) is 10.7. The van der Waals surface area contributed by atoms with Crippen molar-refractivity contribution in [3.63, 3.8) is 0 Å². The van der Waals surface area contributed by atoms with Gasteiger partial charge in [-0.25, -0.2) is 4.99 Å². The largest absolute Gasteiger partial charge is 0.375 e. The van der Waals surface area contributed by atoms with Crippen molar-refractivity contribution in [3.8, 4) is 0 Å². The number of rotatable bonds is 1. The van der Waals surface area contributed by atoms with Crippen LogP contribution >= 0.6 is 0 Å². The molecule has 4 nitrogen and oxygen atoms in total. The molecule has 1 unspecified atom stereocenters. The second-order valence-electron chi connectivity index (χ2n) is 5.32. The molecule has 2 fully saturated rings. The fourth-order valence-corrected chi connectivity index (χ4v) is 1.93. The van der Waals surface area contributed by atoms with Crippen LogP contribution in [0, 0.1) is 5.41 Å². The summed E-state index contributed by atoms with van der Waals surface area (Å²) in [6, 6.07) is 0.427. The Kier molecular flexibility index (Phi) is 2.63. The minimum Gasteiger partial charge on any atom is -0.375 e. The maximum absolute atomic E-state index is 5.99. The summed E-state index contributed by atoms with van der Waals surface area (Å²) in [5.41, 5.74) is 6.36. The van der Waals surface area contributed by atoms with Crippen LogP contribution in [0.3, 0.4) is 0 Å². The number of aliphatic imine (C=N–C) groups is 1. The van der Waals surface area contributed by atoms with E-state index in [0.29, 0.717) is 17.4 Å². The van der Waals surface area contributed by atoms with E-state index in [1.807, 2.05) is 0 Å². The van der Waals surface area contributed by atoms with Gasteiger partial charge in [-0.15, -0.1) is 0 Å². The maximum atomic E-state index is 5.99. The Labute approximate surface area is 91.5 Å². The summed E-state index contributed by atoms with van der Waals surface area (Å²) in [5.74, 6) is 0.695. The summed E-state index contributed by atoms with van der Waals surface area (Å²) in [5, 5.41) is 0. The van der Waals surface area contributed by atoms with Crippen LogP contribution in [0.1, 0.15) is 27.2 Å². The van der Waals surface area contributed by atoms with Crippen molar-refractivity contribution in [2.24, 2.45) is 16.1 Å². The van der Waals surface area contributed by atoms with Crippen molar-refractivity contribution in [2.75, 3.05) is 19.7 Å². The van der Waals surface area contributed by atoms with Crippen molar-refractivity contribution in [1.29, 1.82) is 0 Å². The van der Waals surface area contributed by atoms with Crippen LogP contribution in [-0.2, 0) is 4.74 Å². The minimum atomic E-state index is 0.264. The molecule has 2 rings (SSSR count). The molecule has 1 aliphatic carbocycles. The maximum Gasteiger partial charge on any atom is 0.191 e. The average molecular weight is 211 g/mol. The van der Waals surface area contributed by atoms with Crippen LogP contribution in [-0.4, -0.2) is 42.7 Å². The smallest absolute Gasteiger partial charge is 0.191 e. The first-order valence-electron chi connectivity index (χ1n) is 5.69. The van der Waals surface area contributed by atoms with Gasteiger partial charge in [0.15, 0.2) is 5.96 Å². The van der Waals surface area contributed by atoms with Gasteiger partial charge in [-0.3, -0.25) is 0 Å². The lowest BCUT2D eigenvalue weighted by Crippen LogP contribution is -2.48. The van der Waals surface area contributed by atoms with Crippen LogP contribution < -0.4 is 5.73 Å². The minimum absolute atomic E-state index is 0.264. The second-order valence-corrected chi connectivity index (χ2v) is 5.32. The third-order valence-corrected chi connectivity index (χ3v) is 3.31. The Bertz CT molecular complexity index is 275. The van der Waals surface area contributed by atoms with Gasteiger partial charge >= 0.3 is 0 Å². The van der Waals surface area contributed by atoms with Crippen LogP contribution in [0.25, 0.3) is 0 Å². The van der Waals surface area contributed by atoms with E-state index in [9.17, 15) is 0 Å². The lowest BCUT2D eigenvalue weighted by molar-refractivity contribution is 0.00527. The van der Waals surface area contributed by atoms with Crippen LogP contribution in [0.2, 0.25) is 0 Å². The van der Waals surface area contributed by atoms with Crippen LogP contribution in [0.4, 0.5) is 0 Å². The van der Waals surface area contributed by atoms with Gasteiger partial charge < -0.3 is 15.4 Å². The van der Waals surface area contributed by atoms with E-state index in [1.54, 1.807) is 0 Å². The Balaban J connectivity index is 1.92. The highest BCUT2D eigenvalue weighted by molar-refractivity contribution is 5.78. The number of morpholine rings is 1. The van der Waals surface area contributed by atoms with E-state index in [1.165, 1.54) is 0 Å². The molecule has 1 heterocycles. The van der Waals surface area contributed by atoms with E-state index in [0.717, 1.165) is 26.1 Å². The molecule has 2 N–H and O–H groups in total. The molecule has 15 heavy (non-hydrogen) atoms. The molecule has 0 aromatic heterocycles. The molecule has 1 saturated heterocycles. The molecule has 0 spiro atoms. The van der Waals surface area contributed by atoms with Crippen LogP contribution in [0.15, 0.2) is 4.99 Å². The molecule has 4 heteroatoms. The number of nitrogens with zero attached hydrogens (tertiary/aromatic N) is 2. The van der Waals surface area contributed by atoms with E-state index >= 15 is 0 Å². The topological polar surface area (TPSA) is 50.8 Å². The SMILES string of the molecule is CC1CN(C(N)=N[C@H]2CC2(C)C)CCO1. The highest BCUT2D eigenvalue weighted by Crippen LogP contribution is 2.47. The zero-order valence-corrected chi connectivity index (χ0v) is 9.86. The molecular formula is C11H21N3O. The third kappa shape index (κ3) is 2.43. The Hall–Kier alpha value is -0.770. The zero-order valence-electron chi connectivity index (χ0n) is 9.86. The third-order valence-electron chi connectivity index (χ3n) is 3.31. The summed E-state index contributed by atoms with van der Waals surface area (Å²) in [7, 11) is 0. The van der Waals surface area contributed by atoms with Gasteiger partial charge in [0.05, 0.1) is 18.8 Å². The van der Waals surface area contributed by atoms with Crippen LogP contribution in [0.5, 0.6) is 0 Å². The average Bonchev–Trinajstić information content (AvgIpc) is 2.73. The van der Waals surface area contributed by atoms with Crippen molar-refractivity contribution in [3.05, 3.63) is 0 Å². The summed E-state index contributed by atoms with van der Waals surface area (Å²) in [6.07, 6.45) is 1.42. The van der Waals surface area contributed by atoms with Crippen molar-refractivity contribution in [2.45, 2.75) is 39.3 Å². The molecule has 86 valence electrons. The van der Waals surface area contributed by atoms with Gasteiger partial charge in [-0.05, 0) is 18.8 Å². The number of nitrogens with two attached hydrogens (primary N) is 1. The molecule has 1 aliphatic heterocycles. The molecule has 1 saturated carbocycles. The zero-order chi connectivity index (χ0) is 11.1. The predicted octanol–water partition coefficient (Wildman–Crippen LogP) is 0.820. The van der Waals surface area contributed by atoms with Gasteiger partial charge in [0.1, 0.15) is 0 Å². The highest BCUT2D eigenvalue weighted by Gasteiger charge is 2.46. The Morgan fingerprint density at radius 3 is 2.73 bits per heavy atom. The Morgan fingerprint density at radius 2 is 2.20 bits per heavy atom. The summed E-state index contributed by atoms with van der Waals surface area (Å²) < 4.78 is 5.47. The standard InChI is InChI=1S/C11H21N3O/c1-8-7-14(4-5-15-8)10(12)13-9-6-11(9,2)3/h8-9H,4-7H2,1-3H3,(H2,12,13)/t8?,9-/m0/s1. The molecule has 2 aliphatic rings. The number of hydrogen-bond donors (Lipinski definition) is 1. The number of hydrogen-bond acceptors (Lipinski definition) is 2. The molecule has 0 radical (unpaired) electrons. The normalized spacial score (nSPS) is 35.4. The van der Waals surface area contributed by atoms with E-state index < -0.39 is 0 Å². The molecule has 0 aromatic rings. The molecule has 0 amide bonds. The fraction of sp³-hybridized carbons (Fsp3) is 0.909. The van der Waals surface area contributed by atoms with Gasteiger partial charge in [0.25, 0.3) is 0 Å². The lowest BCUT2D eigenvalue weighted by atomic mass is 10.2. The Morgan fingerprint density at radius 1 is 1.53 bits per heavy atom. The van der Waals surface area contributed by atoms with E-state index in [4.69, 9.17) is 10.5 Å². The number of guanidine groups is 1. The fourth-order valence-electron chi connectivity index (χ4n) is 1.93. The molecule has 0 bridgehead atoms. The van der Waals surface area contributed by atoms with E-state index in [2.05, 4.69) is 30.7 Å². The lowest BCUT2D eigenvalue weighted by Gasteiger charge is -2.31. The van der Waals surface area contributed by atoms with Gasteiger partial charge in [0.2, 0.25) is 0 Å². The van der Waals surface area contributed by atoms with Crippen molar-refractivity contribution < 1.29 is 4.74 Å². The van der Waals surface area contributed by atoms with Crippen molar-refractivity contribution >= 4 is 5.96 Å². The molecule has 2 atom stereocenters. The number of ether oxygens (including phenoxy) is 1. The first-order chi connectivity index (χ1) is 6.99. The quantitative estimate of drug-likeness (QED) is 0.516. The van der Waals surface area contributed by atoms with Gasteiger partial charge in [-0.1, -0.05) is 13.8 Å². The van der Waals surface area contributed by atoms with Crippen molar-refractivity contribution in [1.82, 2.24) is 4.90 Å². The highest BCUT2D eigenvalue weighted by atomic mass is 16.5. The summed E-state index contributed by atoms with van der Waals surface area (Å²) in [6.45, 7) is 9.02. The summed E-state index contributed by atoms with van der Waals surface area (Å²) >= 11 is 0. The van der Waals surface area contributed by atoms with E-state index in [-0.39, 0.29) is 6.10 Å². The molecular weight excluding hydrogens is 190 g/mol. The predicted molar refractivity (Wildman–Crippen MR) is 60.8 cm³/mol. The monoisotopic (exact) mass is 211 g/mol. The molecule has 0 aromatic carbocycles.